The number of hydrogen-bond donors (Lipinski definition) is 0. The van der Waals surface area contributed by atoms with Crippen molar-refractivity contribution < 1.29 is 6.17 Å². The lowest BCUT2D eigenvalue weighted by Crippen LogP contribution is -1.82. The Bertz CT molecular complexity index is 503. The maximum Gasteiger partial charge on any atom is 0.150 e. The van der Waals surface area contributed by atoms with Crippen LogP contribution in [0.1, 0.15) is 17.3 Å². The lowest BCUT2D eigenvalue weighted by Gasteiger charge is -2.01. The van der Waals surface area contributed by atoms with Crippen molar-refractivity contribution in [2.75, 3.05) is 0 Å². The van der Waals surface area contributed by atoms with Gasteiger partial charge in [0, 0.05) is 5.56 Å². The van der Waals surface area contributed by atoms with Crippen molar-refractivity contribution in [1.29, 1.82) is 0 Å². The van der Waals surface area contributed by atoms with E-state index in [2.05, 4.69) is 0 Å². The summed E-state index contributed by atoms with van der Waals surface area (Å²) >= 11 is 0. The average Bonchev–Trinajstić information content (AvgIpc) is 2.18. The highest BCUT2D eigenvalue weighted by atomic mass is 16.1. The zero-order valence-electron chi connectivity index (χ0n) is 8.37. The predicted molar refractivity (Wildman–Crippen MR) is 54.1 cm³/mol. The van der Waals surface area contributed by atoms with Gasteiger partial charge in [-0.05, 0) is 29.3 Å². The Morgan fingerprint density at radius 1 is 1.31 bits per heavy atom. The van der Waals surface area contributed by atoms with Crippen molar-refractivity contribution >= 4 is 17.0 Å². The molecule has 0 fully saturated rings. The molecule has 64 valence electrons. The summed E-state index contributed by atoms with van der Waals surface area (Å²) in [4.78, 5) is 10.9. The third-order valence-corrected chi connectivity index (χ3v) is 2.22. The molecule has 2 rings (SSSR count). The zero-order valence-corrected chi connectivity index (χ0v) is 7.37. The fourth-order valence-corrected chi connectivity index (χ4v) is 1.49. The van der Waals surface area contributed by atoms with Crippen LogP contribution in [0.4, 0.5) is 0 Å². The molecule has 13 heavy (non-hydrogen) atoms. The van der Waals surface area contributed by atoms with Gasteiger partial charge in [-0.2, -0.15) is 0 Å². The monoisotopic (exact) mass is 171 g/mol. The van der Waals surface area contributed by atoms with Gasteiger partial charge in [0.1, 0.15) is 7.63 Å². The average molecular weight is 171 g/mol. The van der Waals surface area contributed by atoms with Gasteiger partial charge in [-0.25, -0.2) is 0 Å². The van der Waals surface area contributed by atoms with Gasteiger partial charge < -0.3 is 0 Å². The number of aldehydes is 1. The highest BCUT2D eigenvalue weighted by Crippen LogP contribution is 2.18. The van der Waals surface area contributed by atoms with Crippen LogP contribution in [0, 0.1) is 6.92 Å². The van der Waals surface area contributed by atoms with Crippen molar-refractivity contribution in [2.45, 2.75) is 6.92 Å². The fourth-order valence-electron chi connectivity index (χ4n) is 1.49. The molecule has 0 saturated carbocycles. The van der Waals surface area contributed by atoms with E-state index >= 15 is 0 Å². The Kier molecular flexibility index (Phi) is 1.59. The van der Waals surface area contributed by atoms with Gasteiger partial charge in [-0.15, -0.1) is 0 Å². The molecule has 0 aromatic heterocycles. The standard InChI is InChI=1S/C12H10O/c1-9-3-2-4-11-6-5-10(8-13)7-12(9)11/h2-8H,1H3/i8D. The molecule has 1 nitrogen and oxygen atoms in total. The van der Waals surface area contributed by atoms with Crippen molar-refractivity contribution in [3.63, 3.8) is 0 Å². The normalized spacial score (nSPS) is 11.3. The van der Waals surface area contributed by atoms with Gasteiger partial charge in [-0.1, -0.05) is 30.3 Å². The lowest BCUT2D eigenvalue weighted by molar-refractivity contribution is 0.112. The summed E-state index contributed by atoms with van der Waals surface area (Å²) in [7, 11) is 0. The summed E-state index contributed by atoms with van der Waals surface area (Å²) in [6.07, 6.45) is -0.629. The maximum atomic E-state index is 10.9. The number of hydrogen-bond acceptors (Lipinski definition) is 1. The van der Waals surface area contributed by atoms with E-state index in [0.717, 1.165) is 16.3 Å². The molecule has 0 aliphatic rings. The van der Waals surface area contributed by atoms with E-state index in [4.69, 9.17) is 1.37 Å². The molecule has 0 saturated heterocycles. The van der Waals surface area contributed by atoms with Crippen LogP contribution in [0.2, 0.25) is 0 Å². The number of aryl methyl sites for hydroxylation is 1. The van der Waals surface area contributed by atoms with E-state index < -0.39 is 6.26 Å². The highest BCUT2D eigenvalue weighted by molar-refractivity contribution is 5.90. The smallest absolute Gasteiger partial charge is 0.150 e. The third-order valence-electron chi connectivity index (χ3n) is 2.22. The van der Waals surface area contributed by atoms with Crippen LogP contribution < -0.4 is 0 Å². The van der Waals surface area contributed by atoms with Crippen LogP contribution in [0.25, 0.3) is 10.8 Å². The van der Waals surface area contributed by atoms with Gasteiger partial charge in [0.2, 0.25) is 0 Å². The minimum absolute atomic E-state index is 0.451. The number of rotatable bonds is 1. The first-order valence-electron chi connectivity index (χ1n) is 4.69. The Labute approximate surface area is 78.4 Å². The second-order valence-electron chi connectivity index (χ2n) is 3.11. The van der Waals surface area contributed by atoms with Gasteiger partial charge >= 0.3 is 0 Å². The Balaban J connectivity index is 2.76. The maximum absolute atomic E-state index is 10.9. The van der Waals surface area contributed by atoms with Crippen LogP contribution >= 0.6 is 0 Å². The number of carbonyl (C=O) groups excluding carboxylic acids is 1. The van der Waals surface area contributed by atoms with E-state index in [0.29, 0.717) is 5.56 Å². The van der Waals surface area contributed by atoms with Crippen LogP contribution in [-0.2, 0) is 0 Å². The number of fused-ring (bicyclic) bond motifs is 1. The van der Waals surface area contributed by atoms with Gasteiger partial charge in [-0.3, -0.25) is 4.79 Å². The minimum Gasteiger partial charge on any atom is -0.298 e. The van der Waals surface area contributed by atoms with Crippen LogP contribution in [0.15, 0.2) is 36.4 Å². The Morgan fingerprint density at radius 2 is 2.15 bits per heavy atom. The molecule has 2 aromatic rings. The molecular weight excluding hydrogens is 160 g/mol. The molecule has 0 aliphatic heterocycles. The topological polar surface area (TPSA) is 17.1 Å². The summed E-state index contributed by atoms with van der Waals surface area (Å²) in [6, 6.07) is 11.3. The number of benzene rings is 2. The molecule has 0 heterocycles. The molecule has 0 spiro atoms. The summed E-state index contributed by atoms with van der Waals surface area (Å²) in [5.41, 5.74) is 1.58. The molecular formula is C12H10O. The van der Waals surface area contributed by atoms with E-state index in [1.807, 2.05) is 31.2 Å². The van der Waals surface area contributed by atoms with E-state index in [9.17, 15) is 4.79 Å². The van der Waals surface area contributed by atoms with E-state index in [1.165, 1.54) is 0 Å². The van der Waals surface area contributed by atoms with Crippen LogP contribution in [0.3, 0.4) is 0 Å². The van der Waals surface area contributed by atoms with E-state index in [-0.39, 0.29) is 0 Å². The van der Waals surface area contributed by atoms with Gasteiger partial charge in [0.05, 0.1) is 0 Å². The Morgan fingerprint density at radius 3 is 2.92 bits per heavy atom. The summed E-state index contributed by atoms with van der Waals surface area (Å²) in [5, 5.41) is 2.15. The molecule has 0 atom stereocenters. The zero-order chi connectivity index (χ0) is 10.1. The van der Waals surface area contributed by atoms with Crippen molar-refractivity contribution in [2.24, 2.45) is 0 Å². The van der Waals surface area contributed by atoms with Crippen LogP contribution in [-0.4, -0.2) is 6.26 Å². The minimum atomic E-state index is -0.629. The van der Waals surface area contributed by atoms with Crippen molar-refractivity contribution in [3.8, 4) is 0 Å². The predicted octanol–water partition coefficient (Wildman–Crippen LogP) is 2.96. The van der Waals surface area contributed by atoms with Crippen molar-refractivity contribution in [3.05, 3.63) is 47.5 Å². The van der Waals surface area contributed by atoms with Gasteiger partial charge in [0.15, 0.2) is 0 Å². The molecule has 0 amide bonds. The Hall–Kier alpha value is -1.63. The first-order valence-corrected chi connectivity index (χ1v) is 4.19. The molecule has 0 N–H and O–H groups in total. The molecule has 2 aromatic carbocycles. The summed E-state index contributed by atoms with van der Waals surface area (Å²) < 4.78 is 7.03. The van der Waals surface area contributed by atoms with Crippen molar-refractivity contribution in [1.82, 2.24) is 0 Å². The first-order chi connectivity index (χ1) is 6.68. The van der Waals surface area contributed by atoms with Crippen LogP contribution in [0.5, 0.6) is 0 Å². The molecule has 1 heteroatoms. The second-order valence-corrected chi connectivity index (χ2v) is 3.11. The molecule has 0 bridgehead atoms. The quantitative estimate of drug-likeness (QED) is 0.603. The summed E-state index contributed by atoms with van der Waals surface area (Å²) in [6.45, 7) is 2.00. The summed E-state index contributed by atoms with van der Waals surface area (Å²) in [5.74, 6) is 0. The highest BCUT2D eigenvalue weighted by Gasteiger charge is 1.97. The first kappa shape index (κ1) is 6.84. The van der Waals surface area contributed by atoms with Gasteiger partial charge in [0.25, 0.3) is 0 Å². The largest absolute Gasteiger partial charge is 0.298 e. The molecule has 0 unspecified atom stereocenters. The third kappa shape index (κ3) is 1.33. The van der Waals surface area contributed by atoms with E-state index in [1.54, 1.807) is 12.1 Å². The lowest BCUT2D eigenvalue weighted by atomic mass is 10.0. The molecule has 0 aliphatic carbocycles. The second kappa shape index (κ2) is 3.02. The SMILES string of the molecule is [2H]C(=O)c1ccc2cccc(C)c2c1. The number of carbonyl (C=O) groups is 1. The fraction of sp³-hybridized carbons (Fsp3) is 0.0833. The molecule has 0 radical (unpaired) electrons.